The molecule has 2 heteroatoms. The van der Waals surface area contributed by atoms with E-state index in [0.29, 0.717) is 0 Å². The number of hydrogen-bond donors (Lipinski definition) is 1. The van der Waals surface area contributed by atoms with Gasteiger partial charge in [0.05, 0.1) is 0 Å². The second-order valence-corrected chi connectivity index (χ2v) is 5.15. The second kappa shape index (κ2) is 7.20. The highest BCUT2D eigenvalue weighted by molar-refractivity contribution is 5.26. The van der Waals surface area contributed by atoms with E-state index < -0.39 is 0 Å². The summed E-state index contributed by atoms with van der Waals surface area (Å²) in [6.07, 6.45) is 1.95. The van der Waals surface area contributed by atoms with Crippen molar-refractivity contribution in [1.82, 2.24) is 5.32 Å². The van der Waals surface area contributed by atoms with E-state index in [1.165, 1.54) is 17.2 Å². The fourth-order valence-electron chi connectivity index (χ4n) is 2.49. The topological polar surface area (TPSA) is 12.0 Å². The Bertz CT molecular complexity index is 551. The average Bonchev–Trinajstić information content (AvgIpc) is 2.45. The van der Waals surface area contributed by atoms with Gasteiger partial charge in [-0.15, -0.1) is 0 Å². The lowest BCUT2D eigenvalue weighted by molar-refractivity contribution is 0.517. The van der Waals surface area contributed by atoms with E-state index in [9.17, 15) is 4.39 Å². The normalized spacial score (nSPS) is 12.3. The van der Waals surface area contributed by atoms with Gasteiger partial charge >= 0.3 is 0 Å². The molecule has 0 heterocycles. The highest BCUT2D eigenvalue weighted by Gasteiger charge is 2.09. The van der Waals surface area contributed by atoms with E-state index >= 15 is 0 Å². The maximum Gasteiger partial charge on any atom is 0.123 e. The molecule has 0 aliphatic carbocycles. The number of rotatable bonds is 6. The maximum atomic E-state index is 13.3. The standard InChI is InChI=1S/C18H22FN/c1-3-18(16-9-6-10-17(19)13-16)20-12-11-15-8-5-4-7-14(15)2/h4-10,13,18,20H,3,11-12H2,1-2H3. The third kappa shape index (κ3) is 3.91. The van der Waals surface area contributed by atoms with Crippen LogP contribution in [-0.4, -0.2) is 6.54 Å². The summed E-state index contributed by atoms with van der Waals surface area (Å²) in [5, 5.41) is 3.52. The maximum absolute atomic E-state index is 13.3. The Labute approximate surface area is 120 Å². The zero-order chi connectivity index (χ0) is 14.4. The van der Waals surface area contributed by atoms with E-state index in [1.54, 1.807) is 12.1 Å². The zero-order valence-electron chi connectivity index (χ0n) is 12.2. The van der Waals surface area contributed by atoms with Crippen molar-refractivity contribution >= 4 is 0 Å². The molecule has 2 aromatic rings. The number of benzene rings is 2. The largest absolute Gasteiger partial charge is 0.310 e. The first-order valence-electron chi connectivity index (χ1n) is 7.24. The molecule has 0 amide bonds. The van der Waals surface area contributed by atoms with E-state index in [2.05, 4.69) is 43.4 Å². The minimum atomic E-state index is -0.165. The molecule has 106 valence electrons. The predicted octanol–water partition coefficient (Wildman–Crippen LogP) is 4.42. The van der Waals surface area contributed by atoms with Crippen LogP contribution in [0.25, 0.3) is 0 Å². The Hall–Kier alpha value is -1.67. The SMILES string of the molecule is CCC(NCCc1ccccc1C)c1cccc(F)c1. The average molecular weight is 271 g/mol. The molecule has 0 saturated carbocycles. The van der Waals surface area contributed by atoms with E-state index in [-0.39, 0.29) is 11.9 Å². The van der Waals surface area contributed by atoms with E-state index in [0.717, 1.165) is 24.9 Å². The molecule has 0 aromatic heterocycles. The first-order chi connectivity index (χ1) is 9.70. The van der Waals surface area contributed by atoms with Gasteiger partial charge in [0.1, 0.15) is 5.82 Å². The van der Waals surface area contributed by atoms with Crippen molar-refractivity contribution < 1.29 is 4.39 Å². The highest BCUT2D eigenvalue weighted by atomic mass is 19.1. The highest BCUT2D eigenvalue weighted by Crippen LogP contribution is 2.17. The number of hydrogen-bond acceptors (Lipinski definition) is 1. The molecule has 1 N–H and O–H groups in total. The molecule has 20 heavy (non-hydrogen) atoms. The summed E-state index contributed by atoms with van der Waals surface area (Å²) in [7, 11) is 0. The summed E-state index contributed by atoms with van der Waals surface area (Å²) < 4.78 is 13.3. The Kier molecular flexibility index (Phi) is 5.31. The monoisotopic (exact) mass is 271 g/mol. The Balaban J connectivity index is 1.93. The Morgan fingerprint density at radius 1 is 1.10 bits per heavy atom. The van der Waals surface area contributed by atoms with Crippen molar-refractivity contribution in [3.63, 3.8) is 0 Å². The van der Waals surface area contributed by atoms with E-state index in [1.807, 2.05) is 6.07 Å². The molecule has 1 unspecified atom stereocenters. The van der Waals surface area contributed by atoms with Crippen LogP contribution in [0.2, 0.25) is 0 Å². The summed E-state index contributed by atoms with van der Waals surface area (Å²) in [5.74, 6) is -0.165. The quantitative estimate of drug-likeness (QED) is 0.820. The predicted molar refractivity (Wildman–Crippen MR) is 82.3 cm³/mol. The third-order valence-corrected chi connectivity index (χ3v) is 3.71. The van der Waals surface area contributed by atoms with Crippen molar-refractivity contribution in [1.29, 1.82) is 0 Å². The minimum Gasteiger partial charge on any atom is -0.310 e. The number of halogens is 1. The van der Waals surface area contributed by atoms with Gasteiger partial charge in [-0.2, -0.15) is 0 Å². The lowest BCUT2D eigenvalue weighted by Gasteiger charge is -2.18. The first-order valence-corrected chi connectivity index (χ1v) is 7.24. The van der Waals surface area contributed by atoms with Crippen molar-refractivity contribution in [3.8, 4) is 0 Å². The van der Waals surface area contributed by atoms with Crippen molar-refractivity contribution in [3.05, 3.63) is 71.0 Å². The molecule has 1 nitrogen and oxygen atoms in total. The smallest absolute Gasteiger partial charge is 0.123 e. The van der Waals surface area contributed by atoms with Crippen molar-refractivity contribution in [2.24, 2.45) is 0 Å². The van der Waals surface area contributed by atoms with Gasteiger partial charge in [-0.25, -0.2) is 4.39 Å². The molecule has 2 aromatic carbocycles. The van der Waals surface area contributed by atoms with Gasteiger partial charge in [-0.3, -0.25) is 0 Å². The molecule has 0 radical (unpaired) electrons. The molecule has 2 rings (SSSR count). The van der Waals surface area contributed by atoms with Gasteiger partial charge in [0.2, 0.25) is 0 Å². The molecule has 0 bridgehead atoms. The third-order valence-electron chi connectivity index (χ3n) is 3.71. The van der Waals surface area contributed by atoms with Gasteiger partial charge in [0.15, 0.2) is 0 Å². The molecule has 0 aliphatic heterocycles. The molecule has 0 aliphatic rings. The van der Waals surface area contributed by atoms with Crippen molar-refractivity contribution in [2.45, 2.75) is 32.7 Å². The Morgan fingerprint density at radius 2 is 1.90 bits per heavy atom. The molecule has 0 spiro atoms. The van der Waals surface area contributed by atoms with Crippen LogP contribution in [0.15, 0.2) is 48.5 Å². The summed E-state index contributed by atoms with van der Waals surface area (Å²) in [6, 6.07) is 15.5. The fourth-order valence-corrected chi connectivity index (χ4v) is 2.49. The van der Waals surface area contributed by atoms with Crippen molar-refractivity contribution in [2.75, 3.05) is 6.54 Å². The molecular formula is C18H22FN. The number of aryl methyl sites for hydroxylation is 1. The zero-order valence-corrected chi connectivity index (χ0v) is 12.2. The molecule has 1 atom stereocenters. The molecule has 0 saturated heterocycles. The summed E-state index contributed by atoms with van der Waals surface area (Å²) in [4.78, 5) is 0. The summed E-state index contributed by atoms with van der Waals surface area (Å²) in [5.41, 5.74) is 3.72. The van der Waals surface area contributed by atoms with Crippen LogP contribution in [-0.2, 0) is 6.42 Å². The molecular weight excluding hydrogens is 249 g/mol. The van der Waals surface area contributed by atoms with Crippen LogP contribution in [0.3, 0.4) is 0 Å². The van der Waals surface area contributed by atoms with Crippen LogP contribution in [0.4, 0.5) is 4.39 Å². The van der Waals surface area contributed by atoms with Gasteiger partial charge < -0.3 is 5.32 Å². The van der Waals surface area contributed by atoms with Crippen LogP contribution in [0.5, 0.6) is 0 Å². The van der Waals surface area contributed by atoms with Crippen LogP contribution in [0, 0.1) is 12.7 Å². The fraction of sp³-hybridized carbons (Fsp3) is 0.333. The van der Waals surface area contributed by atoms with Gasteiger partial charge in [0.25, 0.3) is 0 Å². The minimum absolute atomic E-state index is 0.165. The number of nitrogens with one attached hydrogen (secondary N) is 1. The molecule has 0 fully saturated rings. The van der Waals surface area contributed by atoms with Gasteiger partial charge in [-0.05, 0) is 55.1 Å². The van der Waals surface area contributed by atoms with Crippen LogP contribution in [0.1, 0.15) is 36.1 Å². The van der Waals surface area contributed by atoms with Crippen LogP contribution < -0.4 is 5.32 Å². The lowest BCUT2D eigenvalue weighted by Crippen LogP contribution is -2.23. The van der Waals surface area contributed by atoms with Crippen LogP contribution >= 0.6 is 0 Å². The Morgan fingerprint density at radius 3 is 2.60 bits per heavy atom. The first kappa shape index (κ1) is 14.7. The van der Waals surface area contributed by atoms with Gasteiger partial charge in [-0.1, -0.05) is 43.3 Å². The second-order valence-electron chi connectivity index (χ2n) is 5.15. The van der Waals surface area contributed by atoms with Gasteiger partial charge in [0, 0.05) is 6.04 Å². The summed E-state index contributed by atoms with van der Waals surface area (Å²) >= 11 is 0. The summed E-state index contributed by atoms with van der Waals surface area (Å²) in [6.45, 7) is 5.16. The lowest BCUT2D eigenvalue weighted by atomic mass is 10.0. The van der Waals surface area contributed by atoms with E-state index in [4.69, 9.17) is 0 Å².